The number of Topliss-reactive ketones (excluding diaryl/α,β-unsaturated/α-hetero) is 2. The minimum Gasteiger partial charge on any atom is -0.494 e. The lowest BCUT2D eigenvalue weighted by Crippen LogP contribution is -2.36. The molecule has 0 bridgehead atoms. The number of hydrogen-bond acceptors (Lipinski definition) is 4. The monoisotopic (exact) mass is 371 g/mol. The molecule has 1 aromatic carbocycles. The van der Waals surface area contributed by atoms with E-state index in [1.54, 1.807) is 6.07 Å². The van der Waals surface area contributed by atoms with Gasteiger partial charge in [0.15, 0.2) is 11.6 Å². The molecule has 136 valence electrons. The lowest BCUT2D eigenvalue weighted by Gasteiger charge is -2.37. The maximum absolute atomic E-state index is 12.8. The fraction of sp³-hybridized carbons (Fsp3) is 0.429. The van der Waals surface area contributed by atoms with Crippen LogP contribution < -0.4 is 10.1 Å². The summed E-state index contributed by atoms with van der Waals surface area (Å²) in [6.07, 6.45) is 4.43. The van der Waals surface area contributed by atoms with Gasteiger partial charge in [0.2, 0.25) is 0 Å². The van der Waals surface area contributed by atoms with Gasteiger partial charge in [-0.25, -0.2) is 0 Å². The molecule has 2 aliphatic carbocycles. The maximum atomic E-state index is 12.8. The predicted octanol–water partition coefficient (Wildman–Crippen LogP) is 4.44. The zero-order valence-corrected chi connectivity index (χ0v) is 15.6. The van der Waals surface area contributed by atoms with Gasteiger partial charge in [0.25, 0.3) is 0 Å². The Morgan fingerprint density at radius 1 is 1.04 bits per heavy atom. The van der Waals surface area contributed by atoms with Crippen LogP contribution in [0.25, 0.3) is 0 Å². The molecule has 1 heterocycles. The Morgan fingerprint density at radius 3 is 2.23 bits per heavy atom. The van der Waals surface area contributed by atoms with Crippen molar-refractivity contribution in [1.29, 1.82) is 0 Å². The molecular weight excluding hydrogens is 350 g/mol. The van der Waals surface area contributed by atoms with Gasteiger partial charge in [-0.05, 0) is 50.8 Å². The molecule has 0 atom stereocenters. The summed E-state index contributed by atoms with van der Waals surface area (Å²) in [6, 6.07) is 5.47. The molecule has 26 heavy (non-hydrogen) atoms. The Labute approximate surface area is 158 Å². The molecule has 0 spiro atoms. The molecule has 5 heteroatoms. The van der Waals surface area contributed by atoms with Crippen LogP contribution in [0.5, 0.6) is 5.75 Å². The smallest absolute Gasteiger partial charge is 0.161 e. The first-order chi connectivity index (χ1) is 12.6. The van der Waals surface area contributed by atoms with Crippen LogP contribution in [0, 0.1) is 0 Å². The molecule has 0 fully saturated rings. The number of benzene rings is 1. The van der Waals surface area contributed by atoms with Gasteiger partial charge in [-0.15, -0.1) is 0 Å². The van der Waals surface area contributed by atoms with Gasteiger partial charge in [0.1, 0.15) is 5.75 Å². The Kier molecular flexibility index (Phi) is 4.62. The SMILES string of the molecule is CCOc1ccc(Cl)cc1C1C2=C(CCCC2=O)NC2=C1C(=O)CCC2. The van der Waals surface area contributed by atoms with E-state index >= 15 is 0 Å². The van der Waals surface area contributed by atoms with Crippen molar-refractivity contribution in [2.24, 2.45) is 0 Å². The highest BCUT2D eigenvalue weighted by Crippen LogP contribution is 2.47. The third-order valence-electron chi connectivity index (χ3n) is 5.37. The summed E-state index contributed by atoms with van der Waals surface area (Å²) >= 11 is 6.29. The third-order valence-corrected chi connectivity index (χ3v) is 5.61. The summed E-state index contributed by atoms with van der Waals surface area (Å²) in [5.74, 6) is 0.563. The number of ketones is 2. The molecule has 1 aliphatic heterocycles. The second-order valence-electron chi connectivity index (χ2n) is 7.01. The van der Waals surface area contributed by atoms with Crippen molar-refractivity contribution in [3.63, 3.8) is 0 Å². The van der Waals surface area contributed by atoms with E-state index in [2.05, 4.69) is 5.32 Å². The van der Waals surface area contributed by atoms with Crippen molar-refractivity contribution >= 4 is 23.2 Å². The molecule has 1 aromatic rings. The van der Waals surface area contributed by atoms with Crippen LogP contribution in [0.4, 0.5) is 0 Å². The highest BCUT2D eigenvalue weighted by atomic mass is 35.5. The van der Waals surface area contributed by atoms with Crippen molar-refractivity contribution in [2.45, 2.75) is 51.4 Å². The molecule has 0 aromatic heterocycles. The summed E-state index contributed by atoms with van der Waals surface area (Å²) < 4.78 is 5.83. The van der Waals surface area contributed by atoms with Gasteiger partial charge < -0.3 is 10.1 Å². The number of nitrogens with one attached hydrogen (secondary N) is 1. The zero-order valence-electron chi connectivity index (χ0n) is 14.9. The molecular formula is C21H22ClNO3. The lowest BCUT2D eigenvalue weighted by molar-refractivity contribution is -0.116. The highest BCUT2D eigenvalue weighted by Gasteiger charge is 2.41. The molecule has 0 saturated heterocycles. The van der Waals surface area contributed by atoms with Gasteiger partial charge >= 0.3 is 0 Å². The van der Waals surface area contributed by atoms with E-state index in [0.717, 1.165) is 53.8 Å². The topological polar surface area (TPSA) is 55.4 Å². The van der Waals surface area contributed by atoms with E-state index in [9.17, 15) is 9.59 Å². The molecule has 0 unspecified atom stereocenters. The molecule has 1 N–H and O–H groups in total. The summed E-state index contributed by atoms with van der Waals surface area (Å²) in [6.45, 7) is 2.44. The Balaban J connectivity index is 1.94. The first-order valence-electron chi connectivity index (χ1n) is 9.32. The summed E-state index contributed by atoms with van der Waals surface area (Å²) in [4.78, 5) is 25.7. The second kappa shape index (κ2) is 6.92. The lowest BCUT2D eigenvalue weighted by atomic mass is 9.71. The molecule has 4 nitrogen and oxygen atoms in total. The molecule has 4 rings (SSSR count). The Morgan fingerprint density at radius 2 is 1.65 bits per heavy atom. The van der Waals surface area contributed by atoms with Crippen molar-refractivity contribution in [3.05, 3.63) is 51.3 Å². The third kappa shape index (κ3) is 2.86. The number of carbonyl (C=O) groups is 2. The maximum Gasteiger partial charge on any atom is 0.161 e. The number of allylic oxidation sites excluding steroid dienone is 4. The number of ether oxygens (including phenoxy) is 1. The minimum atomic E-state index is -0.373. The largest absolute Gasteiger partial charge is 0.494 e. The molecule has 3 aliphatic rings. The van der Waals surface area contributed by atoms with E-state index in [4.69, 9.17) is 16.3 Å². The van der Waals surface area contributed by atoms with Crippen LogP contribution in [0.3, 0.4) is 0 Å². The van der Waals surface area contributed by atoms with E-state index in [1.165, 1.54) is 0 Å². The number of hydrogen-bond donors (Lipinski definition) is 1. The summed E-state index contributed by atoms with van der Waals surface area (Å²) in [7, 11) is 0. The summed E-state index contributed by atoms with van der Waals surface area (Å²) in [5, 5.41) is 4.01. The van der Waals surface area contributed by atoms with Crippen LogP contribution in [0.2, 0.25) is 5.02 Å². The van der Waals surface area contributed by atoms with Gasteiger partial charge in [0.05, 0.1) is 6.61 Å². The van der Waals surface area contributed by atoms with Gasteiger partial charge in [-0.2, -0.15) is 0 Å². The van der Waals surface area contributed by atoms with Gasteiger partial charge in [-0.1, -0.05) is 11.6 Å². The van der Waals surface area contributed by atoms with Crippen molar-refractivity contribution < 1.29 is 14.3 Å². The fourth-order valence-corrected chi connectivity index (χ4v) is 4.51. The van der Waals surface area contributed by atoms with E-state index in [-0.39, 0.29) is 17.5 Å². The second-order valence-corrected chi connectivity index (χ2v) is 7.45. The standard InChI is InChI=1S/C21H22ClNO3/c1-2-26-18-10-9-12(22)11-13(18)19-20-14(5-3-7-16(20)24)23-15-6-4-8-17(25)21(15)19/h9-11,19,23H,2-8H2,1H3. The number of rotatable bonds is 3. The van der Waals surface area contributed by atoms with Crippen LogP contribution in [-0.4, -0.2) is 18.2 Å². The van der Waals surface area contributed by atoms with Crippen molar-refractivity contribution in [1.82, 2.24) is 5.32 Å². The molecule has 0 amide bonds. The van der Waals surface area contributed by atoms with E-state index in [0.29, 0.717) is 30.2 Å². The first-order valence-corrected chi connectivity index (χ1v) is 9.69. The van der Waals surface area contributed by atoms with Crippen LogP contribution in [0.15, 0.2) is 40.7 Å². The van der Waals surface area contributed by atoms with Crippen LogP contribution in [0.1, 0.15) is 56.9 Å². The van der Waals surface area contributed by atoms with E-state index < -0.39 is 0 Å². The number of carbonyl (C=O) groups excluding carboxylic acids is 2. The normalized spacial score (nSPS) is 20.7. The Bertz CT molecular complexity index is 811. The average molecular weight is 372 g/mol. The quantitative estimate of drug-likeness (QED) is 0.853. The predicted molar refractivity (Wildman–Crippen MR) is 100 cm³/mol. The van der Waals surface area contributed by atoms with Gasteiger partial charge in [-0.3, -0.25) is 9.59 Å². The molecule has 0 saturated carbocycles. The first kappa shape index (κ1) is 17.3. The van der Waals surface area contributed by atoms with Crippen LogP contribution >= 0.6 is 11.6 Å². The summed E-state index contributed by atoms with van der Waals surface area (Å²) in [5.41, 5.74) is 4.23. The van der Waals surface area contributed by atoms with Gasteiger partial charge in [0, 0.05) is 51.9 Å². The average Bonchev–Trinajstić information content (AvgIpc) is 2.62. The van der Waals surface area contributed by atoms with E-state index in [1.807, 2.05) is 19.1 Å². The fourth-order valence-electron chi connectivity index (χ4n) is 4.33. The number of halogens is 1. The van der Waals surface area contributed by atoms with Crippen molar-refractivity contribution in [2.75, 3.05) is 6.61 Å². The zero-order chi connectivity index (χ0) is 18.3. The molecule has 0 radical (unpaired) electrons. The highest BCUT2D eigenvalue weighted by molar-refractivity contribution is 6.30. The number of dihydropyridines is 1. The van der Waals surface area contributed by atoms with Crippen LogP contribution in [-0.2, 0) is 9.59 Å². The minimum absolute atomic E-state index is 0.121. The Hall–Kier alpha value is -2.07. The van der Waals surface area contributed by atoms with Crippen molar-refractivity contribution in [3.8, 4) is 5.75 Å².